The number of hydrogen-bond donors (Lipinski definition) is 2. The van der Waals surface area contributed by atoms with E-state index in [0.29, 0.717) is 16.8 Å². The third-order valence-electron chi connectivity index (χ3n) is 3.45. The predicted octanol–water partition coefficient (Wildman–Crippen LogP) is 3.86. The maximum atomic E-state index is 12.3. The van der Waals surface area contributed by atoms with Crippen LogP contribution in [0.25, 0.3) is 0 Å². The number of hydroxylamine groups is 1. The minimum atomic E-state index is -0.419. The second kappa shape index (κ2) is 8.23. The number of carbonyl (C=O) groups excluding carboxylic acids is 2. The molecule has 0 radical (unpaired) electrons. The van der Waals surface area contributed by atoms with Gasteiger partial charge in [-0.3, -0.25) is 14.4 Å². The van der Waals surface area contributed by atoms with E-state index in [9.17, 15) is 9.59 Å². The van der Waals surface area contributed by atoms with E-state index >= 15 is 0 Å². The van der Waals surface area contributed by atoms with Crippen LogP contribution in [0.15, 0.2) is 71.4 Å². The molecule has 0 fully saturated rings. The zero-order chi connectivity index (χ0) is 17.5. The van der Waals surface area contributed by atoms with Gasteiger partial charge in [-0.2, -0.15) is 11.3 Å². The largest absolute Gasteiger partial charge is 0.321 e. The number of benzene rings is 2. The maximum Gasteiger partial charge on any atom is 0.276 e. The second-order valence-electron chi connectivity index (χ2n) is 5.22. The molecule has 0 atom stereocenters. The van der Waals surface area contributed by atoms with Crippen molar-refractivity contribution >= 4 is 28.8 Å². The zero-order valence-corrected chi connectivity index (χ0v) is 14.1. The van der Waals surface area contributed by atoms with Gasteiger partial charge in [-0.1, -0.05) is 42.5 Å². The van der Waals surface area contributed by atoms with Gasteiger partial charge >= 0.3 is 0 Å². The SMILES string of the molecule is O=C(Nc1ccccc1C(=O)NOCc1ccccc1)c1ccsc1. The number of hydrogen-bond acceptors (Lipinski definition) is 4. The smallest absolute Gasteiger partial charge is 0.276 e. The Hall–Kier alpha value is -2.96. The molecule has 2 amide bonds. The number of rotatable bonds is 6. The van der Waals surface area contributed by atoms with Gasteiger partial charge < -0.3 is 5.32 Å². The Labute approximate surface area is 149 Å². The van der Waals surface area contributed by atoms with Crippen LogP contribution in [-0.2, 0) is 11.4 Å². The van der Waals surface area contributed by atoms with Crippen LogP contribution in [-0.4, -0.2) is 11.8 Å². The lowest BCUT2D eigenvalue weighted by Gasteiger charge is -2.11. The lowest BCUT2D eigenvalue weighted by Crippen LogP contribution is -2.25. The summed E-state index contributed by atoms with van der Waals surface area (Å²) in [5.41, 5.74) is 4.67. The highest BCUT2D eigenvalue weighted by Gasteiger charge is 2.14. The molecule has 1 heterocycles. The molecule has 2 aromatic carbocycles. The first kappa shape index (κ1) is 16.9. The molecule has 0 bridgehead atoms. The van der Waals surface area contributed by atoms with E-state index in [2.05, 4.69) is 10.8 Å². The van der Waals surface area contributed by atoms with Crippen LogP contribution in [0.2, 0.25) is 0 Å². The Morgan fingerprint density at radius 3 is 2.44 bits per heavy atom. The Kier molecular flexibility index (Phi) is 5.56. The molecule has 0 spiro atoms. The van der Waals surface area contributed by atoms with E-state index in [4.69, 9.17) is 4.84 Å². The fourth-order valence-electron chi connectivity index (χ4n) is 2.19. The zero-order valence-electron chi connectivity index (χ0n) is 13.3. The third kappa shape index (κ3) is 4.53. The first-order valence-corrected chi connectivity index (χ1v) is 8.57. The maximum absolute atomic E-state index is 12.3. The lowest BCUT2D eigenvalue weighted by atomic mass is 10.1. The molecule has 126 valence electrons. The van der Waals surface area contributed by atoms with E-state index in [1.165, 1.54) is 11.3 Å². The summed E-state index contributed by atoms with van der Waals surface area (Å²) in [4.78, 5) is 29.8. The highest BCUT2D eigenvalue weighted by molar-refractivity contribution is 7.08. The number of amides is 2. The fraction of sp³-hybridized carbons (Fsp3) is 0.0526. The fourth-order valence-corrected chi connectivity index (χ4v) is 2.83. The van der Waals surface area contributed by atoms with Crippen LogP contribution in [0.4, 0.5) is 5.69 Å². The van der Waals surface area contributed by atoms with Gasteiger partial charge in [0.1, 0.15) is 0 Å². The van der Waals surface area contributed by atoms with Crippen molar-refractivity contribution in [3.63, 3.8) is 0 Å². The summed E-state index contributed by atoms with van der Waals surface area (Å²) >= 11 is 1.44. The predicted molar refractivity (Wildman–Crippen MR) is 97.4 cm³/mol. The Morgan fingerprint density at radius 2 is 1.68 bits per heavy atom. The van der Waals surface area contributed by atoms with Gasteiger partial charge in [-0.25, -0.2) is 5.48 Å². The van der Waals surface area contributed by atoms with Crippen molar-refractivity contribution in [2.24, 2.45) is 0 Å². The first-order chi connectivity index (χ1) is 12.2. The normalized spacial score (nSPS) is 10.2. The van der Waals surface area contributed by atoms with Crippen molar-refractivity contribution in [3.8, 4) is 0 Å². The highest BCUT2D eigenvalue weighted by Crippen LogP contribution is 2.17. The highest BCUT2D eigenvalue weighted by atomic mass is 32.1. The van der Waals surface area contributed by atoms with Crippen molar-refractivity contribution in [1.82, 2.24) is 5.48 Å². The molecule has 0 aliphatic rings. The number of carbonyl (C=O) groups is 2. The average molecular weight is 352 g/mol. The molecule has 2 N–H and O–H groups in total. The van der Waals surface area contributed by atoms with Gasteiger partial charge in [0.25, 0.3) is 11.8 Å². The molecule has 1 aromatic heterocycles. The van der Waals surface area contributed by atoms with E-state index in [-0.39, 0.29) is 12.5 Å². The lowest BCUT2D eigenvalue weighted by molar-refractivity contribution is 0.0234. The number of para-hydroxylation sites is 1. The molecule has 3 rings (SSSR count). The molecule has 0 saturated carbocycles. The van der Waals surface area contributed by atoms with Crippen molar-refractivity contribution in [1.29, 1.82) is 0 Å². The summed E-state index contributed by atoms with van der Waals surface area (Å²) in [5.74, 6) is -0.677. The summed E-state index contributed by atoms with van der Waals surface area (Å²) in [6.07, 6.45) is 0. The van der Waals surface area contributed by atoms with Gasteiger partial charge in [0.05, 0.1) is 23.4 Å². The van der Waals surface area contributed by atoms with E-state index in [1.807, 2.05) is 35.7 Å². The van der Waals surface area contributed by atoms with Crippen LogP contribution in [0.1, 0.15) is 26.3 Å². The van der Waals surface area contributed by atoms with E-state index in [1.54, 1.807) is 35.7 Å². The minimum absolute atomic E-state index is 0.258. The van der Waals surface area contributed by atoms with Crippen molar-refractivity contribution < 1.29 is 14.4 Å². The van der Waals surface area contributed by atoms with Gasteiger partial charge in [-0.05, 0) is 29.1 Å². The molecule has 0 aliphatic carbocycles. The van der Waals surface area contributed by atoms with Crippen LogP contribution >= 0.6 is 11.3 Å². The first-order valence-electron chi connectivity index (χ1n) is 7.62. The second-order valence-corrected chi connectivity index (χ2v) is 6.00. The standard InChI is InChI=1S/C19H16N2O3S/c22-18(15-10-11-25-13-15)20-17-9-5-4-8-16(17)19(23)21-24-12-14-6-2-1-3-7-14/h1-11,13H,12H2,(H,20,22)(H,21,23). The quantitative estimate of drug-likeness (QED) is 0.662. The average Bonchev–Trinajstić information content (AvgIpc) is 3.18. The number of thiophene rings is 1. The van der Waals surface area contributed by atoms with Crippen molar-refractivity contribution in [3.05, 3.63) is 88.1 Å². The molecular weight excluding hydrogens is 336 g/mol. The summed E-state index contributed by atoms with van der Waals surface area (Å²) in [6.45, 7) is 0.260. The third-order valence-corrected chi connectivity index (χ3v) is 4.13. The van der Waals surface area contributed by atoms with Gasteiger partial charge in [0, 0.05) is 5.38 Å². The van der Waals surface area contributed by atoms with Crippen LogP contribution in [0.5, 0.6) is 0 Å². The molecule has 3 aromatic rings. The van der Waals surface area contributed by atoms with Crippen molar-refractivity contribution in [2.75, 3.05) is 5.32 Å². The monoisotopic (exact) mass is 352 g/mol. The summed E-state index contributed by atoms with van der Waals surface area (Å²) in [7, 11) is 0. The Balaban J connectivity index is 1.63. The molecule has 0 aliphatic heterocycles. The molecule has 6 heteroatoms. The summed E-state index contributed by atoms with van der Waals surface area (Å²) in [5, 5.41) is 6.33. The van der Waals surface area contributed by atoms with Gasteiger partial charge in [0.2, 0.25) is 0 Å². The summed E-state index contributed by atoms with van der Waals surface area (Å²) in [6, 6.07) is 18.0. The Bertz CT molecular complexity index is 848. The molecule has 5 nitrogen and oxygen atoms in total. The topological polar surface area (TPSA) is 67.4 Å². The molecular formula is C19H16N2O3S. The van der Waals surface area contributed by atoms with Crippen LogP contribution in [0, 0.1) is 0 Å². The minimum Gasteiger partial charge on any atom is -0.321 e. The Morgan fingerprint density at radius 1 is 0.920 bits per heavy atom. The van der Waals surface area contributed by atoms with Crippen molar-refractivity contribution in [2.45, 2.75) is 6.61 Å². The summed E-state index contributed by atoms with van der Waals surface area (Å²) < 4.78 is 0. The van der Waals surface area contributed by atoms with E-state index in [0.717, 1.165) is 5.56 Å². The molecule has 0 saturated heterocycles. The van der Waals surface area contributed by atoms with Gasteiger partial charge in [0.15, 0.2) is 0 Å². The van der Waals surface area contributed by atoms with E-state index < -0.39 is 5.91 Å². The van der Waals surface area contributed by atoms with Gasteiger partial charge in [-0.15, -0.1) is 0 Å². The van der Waals surface area contributed by atoms with Crippen LogP contribution in [0.3, 0.4) is 0 Å². The van der Waals surface area contributed by atoms with Crippen LogP contribution < -0.4 is 10.8 Å². The number of nitrogens with one attached hydrogen (secondary N) is 2. The molecule has 25 heavy (non-hydrogen) atoms. The number of anilines is 1. The molecule has 0 unspecified atom stereocenters.